The summed E-state index contributed by atoms with van der Waals surface area (Å²) in [7, 11) is -2.32. The maximum atomic E-state index is 13.1. The molecule has 0 saturated carbocycles. The topological polar surface area (TPSA) is 49.7 Å². The molecule has 3 rings (SSSR count). The molecule has 0 amide bonds. The van der Waals surface area contributed by atoms with E-state index in [1.54, 1.807) is 24.3 Å². The smallest absolute Gasteiger partial charge is 0.118 e. The lowest BCUT2D eigenvalue weighted by Crippen LogP contribution is -2.36. The van der Waals surface area contributed by atoms with Gasteiger partial charge in [0.25, 0.3) is 0 Å². The molecule has 0 aromatic heterocycles. The van der Waals surface area contributed by atoms with Gasteiger partial charge < -0.3 is 4.57 Å². The summed E-state index contributed by atoms with van der Waals surface area (Å²) in [6, 6.07) is 17.3. The van der Waals surface area contributed by atoms with E-state index in [-0.39, 0.29) is 0 Å². The Hall–Kier alpha value is -1.77. The Bertz CT molecular complexity index is 674. The van der Waals surface area contributed by atoms with E-state index in [2.05, 4.69) is 22.2 Å². The summed E-state index contributed by atoms with van der Waals surface area (Å²) < 4.78 is 13.1. The van der Waals surface area contributed by atoms with Gasteiger partial charge in [-0.2, -0.15) is 0 Å². The van der Waals surface area contributed by atoms with Crippen molar-refractivity contribution in [2.24, 2.45) is 5.18 Å². The Kier molecular flexibility index (Phi) is 4.51. The molecule has 5 heteroatoms. The van der Waals surface area contributed by atoms with Gasteiger partial charge in [0.1, 0.15) is 12.8 Å². The summed E-state index contributed by atoms with van der Waals surface area (Å²) >= 11 is 0. The first-order chi connectivity index (χ1) is 10.7. The molecule has 0 bridgehead atoms. The third-order valence-corrected chi connectivity index (χ3v) is 7.31. The number of hydrogen-bond donors (Lipinski definition) is 0. The molecule has 4 nitrogen and oxygen atoms in total. The molecule has 1 saturated heterocycles. The summed E-state index contributed by atoms with van der Waals surface area (Å²) in [6.07, 6.45) is 1.40. The highest BCUT2D eigenvalue weighted by Gasteiger charge is 2.30. The van der Waals surface area contributed by atoms with Crippen LogP contribution in [0.5, 0.6) is 0 Å². The molecule has 0 atom stereocenters. The van der Waals surface area contributed by atoms with E-state index in [0.717, 1.165) is 24.9 Å². The molecule has 0 spiro atoms. The number of rotatable bonds is 4. The lowest BCUT2D eigenvalue weighted by Gasteiger charge is -2.32. The van der Waals surface area contributed by atoms with Crippen molar-refractivity contribution in [1.29, 1.82) is 0 Å². The van der Waals surface area contributed by atoms with Crippen molar-refractivity contribution in [2.75, 3.05) is 25.4 Å². The van der Waals surface area contributed by atoms with Crippen molar-refractivity contribution in [3.05, 3.63) is 65.1 Å². The van der Waals surface area contributed by atoms with Gasteiger partial charge >= 0.3 is 0 Å². The van der Waals surface area contributed by atoms with Crippen molar-refractivity contribution in [2.45, 2.75) is 6.54 Å². The van der Waals surface area contributed by atoms with Crippen molar-refractivity contribution in [3.8, 4) is 0 Å². The highest BCUT2D eigenvalue weighted by Crippen LogP contribution is 2.46. The average Bonchev–Trinajstić information content (AvgIpc) is 2.58. The molecule has 0 N–H and O–H groups in total. The molecule has 114 valence electrons. The van der Waals surface area contributed by atoms with Crippen LogP contribution >= 0.6 is 7.14 Å². The van der Waals surface area contributed by atoms with E-state index < -0.39 is 7.14 Å². The molecule has 1 aliphatic rings. The minimum absolute atomic E-state index is 0.387. The van der Waals surface area contributed by atoms with E-state index >= 15 is 0 Å². The molecule has 2 aromatic rings. The SMILES string of the molecule is O=Nc1ccc(P2(=O)CCN(Cc3ccccc3)CC2)cc1. The normalized spacial score (nSPS) is 18.0. The summed E-state index contributed by atoms with van der Waals surface area (Å²) in [5.41, 5.74) is 1.68. The van der Waals surface area contributed by atoms with Gasteiger partial charge in [-0.05, 0) is 35.0 Å². The molecule has 0 aliphatic carbocycles. The van der Waals surface area contributed by atoms with Gasteiger partial charge in [0.05, 0.1) is 0 Å². The monoisotopic (exact) mass is 314 g/mol. The van der Waals surface area contributed by atoms with Crippen molar-refractivity contribution >= 4 is 18.1 Å². The van der Waals surface area contributed by atoms with E-state index in [1.807, 2.05) is 18.2 Å². The van der Waals surface area contributed by atoms with Crippen LogP contribution in [0.15, 0.2) is 59.8 Å². The van der Waals surface area contributed by atoms with Crippen molar-refractivity contribution in [3.63, 3.8) is 0 Å². The molecule has 0 radical (unpaired) electrons. The number of nitrogens with zero attached hydrogens (tertiary/aromatic N) is 2. The molecule has 22 heavy (non-hydrogen) atoms. The standard InChI is InChI=1S/C17H19N2O2P/c20-18-16-6-8-17(9-7-16)22(21)12-10-19(11-13-22)14-15-4-2-1-3-5-15/h1-9H,10-14H2. The average molecular weight is 314 g/mol. The van der Waals surface area contributed by atoms with Crippen molar-refractivity contribution in [1.82, 2.24) is 4.90 Å². The minimum atomic E-state index is -2.32. The lowest BCUT2D eigenvalue weighted by atomic mass is 10.2. The molecular formula is C17H19N2O2P. The molecular weight excluding hydrogens is 295 g/mol. The second kappa shape index (κ2) is 6.55. The van der Waals surface area contributed by atoms with Crippen LogP contribution in [0.1, 0.15) is 5.56 Å². The first kappa shape index (κ1) is 15.1. The third-order valence-electron chi connectivity index (χ3n) is 4.23. The first-order valence-corrected chi connectivity index (χ1v) is 9.56. The highest BCUT2D eigenvalue weighted by atomic mass is 31.2. The Balaban J connectivity index is 1.64. The summed E-state index contributed by atoms with van der Waals surface area (Å²) in [5, 5.41) is 3.76. The number of hydrogen-bond acceptors (Lipinski definition) is 4. The lowest BCUT2D eigenvalue weighted by molar-refractivity contribution is 0.288. The summed E-state index contributed by atoms with van der Waals surface area (Å²) in [5.74, 6) is 0. The second-order valence-electron chi connectivity index (χ2n) is 5.71. The Morgan fingerprint density at radius 2 is 1.59 bits per heavy atom. The van der Waals surface area contributed by atoms with Gasteiger partial charge in [0.15, 0.2) is 0 Å². The summed E-state index contributed by atoms with van der Waals surface area (Å²) in [6.45, 7) is 2.61. The van der Waals surface area contributed by atoms with Crippen LogP contribution in [0.4, 0.5) is 5.69 Å². The third kappa shape index (κ3) is 3.34. The first-order valence-electron chi connectivity index (χ1n) is 7.48. The van der Waals surface area contributed by atoms with Gasteiger partial charge in [-0.1, -0.05) is 30.3 Å². The van der Waals surface area contributed by atoms with Crippen LogP contribution in [-0.2, 0) is 11.1 Å². The fourth-order valence-electron chi connectivity index (χ4n) is 2.87. The summed E-state index contributed by atoms with van der Waals surface area (Å²) in [4.78, 5) is 12.8. The Morgan fingerprint density at radius 1 is 0.955 bits per heavy atom. The van der Waals surface area contributed by atoms with Gasteiger partial charge in [-0.25, -0.2) is 0 Å². The van der Waals surface area contributed by atoms with Gasteiger partial charge in [-0.15, -0.1) is 4.91 Å². The largest absolute Gasteiger partial charge is 0.319 e. The zero-order valence-corrected chi connectivity index (χ0v) is 13.3. The molecule has 1 heterocycles. The van der Waals surface area contributed by atoms with Crippen molar-refractivity contribution < 1.29 is 4.57 Å². The fourth-order valence-corrected chi connectivity index (χ4v) is 5.52. The van der Waals surface area contributed by atoms with E-state index in [0.29, 0.717) is 18.0 Å². The van der Waals surface area contributed by atoms with Crippen LogP contribution in [0.2, 0.25) is 0 Å². The van der Waals surface area contributed by atoms with E-state index in [4.69, 9.17) is 0 Å². The zero-order valence-electron chi connectivity index (χ0n) is 12.4. The molecule has 1 fully saturated rings. The Morgan fingerprint density at radius 3 is 2.18 bits per heavy atom. The van der Waals surface area contributed by atoms with Crippen LogP contribution in [0, 0.1) is 4.91 Å². The van der Waals surface area contributed by atoms with Crippen LogP contribution in [0.3, 0.4) is 0 Å². The molecule has 0 unspecified atom stereocenters. The molecule has 1 aliphatic heterocycles. The van der Waals surface area contributed by atoms with Crippen LogP contribution in [0.25, 0.3) is 0 Å². The van der Waals surface area contributed by atoms with Crippen LogP contribution in [-0.4, -0.2) is 30.3 Å². The van der Waals surface area contributed by atoms with Gasteiger partial charge in [0.2, 0.25) is 0 Å². The highest BCUT2D eigenvalue weighted by molar-refractivity contribution is 7.71. The van der Waals surface area contributed by atoms with Gasteiger partial charge in [-0.3, -0.25) is 4.90 Å². The maximum absolute atomic E-state index is 13.1. The Labute approximate surface area is 130 Å². The van der Waals surface area contributed by atoms with Crippen LogP contribution < -0.4 is 5.30 Å². The second-order valence-corrected chi connectivity index (χ2v) is 8.90. The van der Waals surface area contributed by atoms with Gasteiger partial charge in [0, 0.05) is 37.3 Å². The maximum Gasteiger partial charge on any atom is 0.118 e. The van der Waals surface area contributed by atoms with E-state index in [9.17, 15) is 9.47 Å². The number of benzene rings is 2. The van der Waals surface area contributed by atoms with E-state index in [1.165, 1.54) is 5.56 Å². The number of nitroso groups, excluding NO2 is 1. The predicted molar refractivity (Wildman–Crippen MR) is 90.6 cm³/mol. The molecule has 2 aromatic carbocycles. The zero-order chi connectivity index (χ0) is 15.4. The predicted octanol–water partition coefficient (Wildman–Crippen LogP) is 3.59. The quantitative estimate of drug-likeness (QED) is 0.640. The fraction of sp³-hybridized carbons (Fsp3) is 0.294. The minimum Gasteiger partial charge on any atom is -0.319 e.